The second-order valence-corrected chi connectivity index (χ2v) is 18.4. The molecule has 0 amide bonds. The zero-order valence-corrected chi connectivity index (χ0v) is 39.1. The van der Waals surface area contributed by atoms with Crippen LogP contribution in [0, 0.1) is 0 Å². The van der Waals surface area contributed by atoms with Gasteiger partial charge in [-0.15, -0.1) is 0 Å². The largest absolute Gasteiger partial charge is 0.519 e. The van der Waals surface area contributed by atoms with Crippen LogP contribution in [-0.4, -0.2) is 34.1 Å². The maximum atomic E-state index is 13.5. The molecule has 340 valence electrons. The lowest BCUT2D eigenvalue weighted by molar-refractivity contribution is 0.0206. The Bertz CT molecular complexity index is 2550. The summed E-state index contributed by atoms with van der Waals surface area (Å²) in [4.78, 5) is 38.3. The summed E-state index contributed by atoms with van der Waals surface area (Å²) >= 11 is 0. The third-order valence-corrected chi connectivity index (χ3v) is 11.0. The summed E-state index contributed by atoms with van der Waals surface area (Å²) in [6, 6.07) is 40.4. The van der Waals surface area contributed by atoms with Crippen LogP contribution in [-0.2, 0) is 21.0 Å². The maximum absolute atomic E-state index is 13.5. The van der Waals surface area contributed by atoms with E-state index in [1.807, 2.05) is 74.5 Å². The molecule has 6 rings (SSSR count). The molecule has 0 radical (unpaired) electrons. The molecular formula is C55H60O10. The fourth-order valence-corrected chi connectivity index (χ4v) is 6.97. The van der Waals surface area contributed by atoms with E-state index in [9.17, 15) is 24.6 Å². The minimum atomic E-state index is -0.888. The molecule has 0 unspecified atom stereocenters. The van der Waals surface area contributed by atoms with E-state index < -0.39 is 34.7 Å². The van der Waals surface area contributed by atoms with E-state index in [1.165, 1.54) is 12.5 Å². The van der Waals surface area contributed by atoms with Gasteiger partial charge in [0.2, 0.25) is 0 Å². The van der Waals surface area contributed by atoms with Gasteiger partial charge in [0.05, 0.1) is 0 Å². The highest BCUT2D eigenvalue weighted by Crippen LogP contribution is 2.37. The molecule has 0 fully saturated rings. The number of phenols is 2. The Morgan fingerprint density at radius 2 is 0.708 bits per heavy atom. The Balaban J connectivity index is 0.00000257. The lowest BCUT2D eigenvalue weighted by atomic mass is 9.77. The Kier molecular flexibility index (Phi) is 15.2. The molecule has 6 aromatic rings. The molecule has 0 heterocycles. The summed E-state index contributed by atoms with van der Waals surface area (Å²) in [6.45, 7) is 21.8. The second-order valence-electron chi connectivity index (χ2n) is 18.4. The molecule has 65 heavy (non-hydrogen) atoms. The average Bonchev–Trinajstić information content (AvgIpc) is 3.24. The molecule has 0 aromatic heterocycles. The number of ether oxygens (including phenoxy) is 5. The van der Waals surface area contributed by atoms with E-state index in [0.29, 0.717) is 17.2 Å². The summed E-state index contributed by atoms with van der Waals surface area (Å²) in [5.41, 5.74) is 3.47. The molecule has 6 aromatic carbocycles. The van der Waals surface area contributed by atoms with Gasteiger partial charge in [0, 0.05) is 16.2 Å². The van der Waals surface area contributed by atoms with E-state index in [2.05, 4.69) is 41.5 Å². The number of esters is 1. The van der Waals surface area contributed by atoms with E-state index in [0.717, 1.165) is 33.4 Å². The molecule has 0 aliphatic rings. The van der Waals surface area contributed by atoms with Gasteiger partial charge in [-0.05, 0) is 127 Å². The topological polar surface area (TPSA) is 138 Å². The number of hydrogen-bond donors (Lipinski definition) is 2. The third kappa shape index (κ3) is 12.6. The Morgan fingerprint density at radius 1 is 0.415 bits per heavy atom. The van der Waals surface area contributed by atoms with Gasteiger partial charge in [-0.3, -0.25) is 0 Å². The smallest absolute Gasteiger partial charge is 0.508 e. The fourth-order valence-electron chi connectivity index (χ4n) is 6.97. The highest BCUT2D eigenvalue weighted by Gasteiger charge is 2.28. The van der Waals surface area contributed by atoms with Crippen LogP contribution in [0.3, 0.4) is 0 Å². The lowest BCUT2D eigenvalue weighted by Crippen LogP contribution is -2.26. The van der Waals surface area contributed by atoms with Crippen molar-refractivity contribution in [3.8, 4) is 34.5 Å². The summed E-state index contributed by atoms with van der Waals surface area (Å²) < 4.78 is 27.2. The fraction of sp³-hybridized carbons (Fsp3) is 0.291. The first-order valence-electron chi connectivity index (χ1n) is 21.6. The highest BCUT2D eigenvalue weighted by molar-refractivity contribution is 5.94. The number of carbonyl (C=O) groups excluding carboxylic acids is 3. The monoisotopic (exact) mass is 880 g/mol. The summed E-state index contributed by atoms with van der Waals surface area (Å²) in [7, 11) is 0. The van der Waals surface area contributed by atoms with Crippen molar-refractivity contribution in [3.05, 3.63) is 178 Å². The summed E-state index contributed by atoms with van der Waals surface area (Å²) in [5, 5.41) is 20.4. The minimum absolute atomic E-state index is 0.00770. The third-order valence-electron chi connectivity index (χ3n) is 11.0. The number of rotatable bonds is 11. The molecule has 0 bridgehead atoms. The zero-order valence-electron chi connectivity index (χ0n) is 39.1. The first-order valence-corrected chi connectivity index (χ1v) is 21.6. The minimum Gasteiger partial charge on any atom is -0.508 e. The Morgan fingerprint density at radius 3 is 1.06 bits per heavy atom. The van der Waals surface area contributed by atoms with Crippen molar-refractivity contribution in [3.63, 3.8) is 0 Å². The highest BCUT2D eigenvalue weighted by atomic mass is 16.7. The summed E-state index contributed by atoms with van der Waals surface area (Å²) in [5.74, 6) is 0.552. The van der Waals surface area contributed by atoms with Gasteiger partial charge < -0.3 is 33.9 Å². The number of carbonyl (C=O) groups is 3. The summed E-state index contributed by atoms with van der Waals surface area (Å²) in [6.07, 6.45) is -0.411. The van der Waals surface area contributed by atoms with Gasteiger partial charge in [-0.25, -0.2) is 14.4 Å². The van der Waals surface area contributed by atoms with Crippen LogP contribution in [0.4, 0.5) is 9.59 Å². The predicted octanol–water partition coefficient (Wildman–Crippen LogP) is 13.6. The first kappa shape index (κ1) is 49.0. The molecule has 0 aliphatic heterocycles. The van der Waals surface area contributed by atoms with Crippen LogP contribution < -0.4 is 18.9 Å². The van der Waals surface area contributed by atoms with E-state index >= 15 is 0 Å². The van der Waals surface area contributed by atoms with Gasteiger partial charge in [0.1, 0.15) is 45.7 Å². The molecule has 0 aliphatic carbocycles. The molecule has 0 spiro atoms. The van der Waals surface area contributed by atoms with Crippen molar-refractivity contribution in [2.75, 3.05) is 0 Å². The quantitative estimate of drug-likeness (QED) is 0.0735. The Hall–Kier alpha value is -7.07. The molecule has 2 N–H and O–H groups in total. The molecule has 0 saturated carbocycles. The second kappa shape index (κ2) is 20.2. The van der Waals surface area contributed by atoms with Crippen LogP contribution >= 0.6 is 0 Å². The van der Waals surface area contributed by atoms with Crippen LogP contribution in [0.25, 0.3) is 0 Å². The van der Waals surface area contributed by atoms with Crippen molar-refractivity contribution in [2.45, 2.75) is 104 Å². The number of aromatic hydroxyl groups is 2. The van der Waals surface area contributed by atoms with Crippen LogP contribution in [0.1, 0.15) is 126 Å². The zero-order chi connectivity index (χ0) is 47.7. The molecule has 0 atom stereocenters. The van der Waals surface area contributed by atoms with Crippen molar-refractivity contribution < 1.29 is 48.3 Å². The molecular weight excluding hydrogens is 821 g/mol. The maximum Gasteiger partial charge on any atom is 0.519 e. The van der Waals surface area contributed by atoms with E-state index in [1.54, 1.807) is 93.6 Å². The van der Waals surface area contributed by atoms with Gasteiger partial charge >= 0.3 is 18.3 Å². The van der Waals surface area contributed by atoms with Crippen molar-refractivity contribution in [1.82, 2.24) is 0 Å². The van der Waals surface area contributed by atoms with Gasteiger partial charge in [0.25, 0.3) is 0 Å². The van der Waals surface area contributed by atoms with Crippen LogP contribution in [0.2, 0.25) is 0 Å². The van der Waals surface area contributed by atoms with Crippen molar-refractivity contribution >= 4 is 18.3 Å². The SMILES string of the molecule is CC(C)(C)OC(=O)Oc1ccc(C(C)(C)c2ccc(OC(=O)c3cc(C(C)(C)c4ccc(OC(=O)Oc5ccc(C(C)(C)c6ccc(O)cc6)cc5)cc4)ccc3O)cc2)cc1.CCC. The number of hydrogen-bond acceptors (Lipinski definition) is 10. The molecule has 10 heteroatoms. The van der Waals surface area contributed by atoms with Gasteiger partial charge in [-0.2, -0.15) is 0 Å². The normalized spacial score (nSPS) is 11.7. The molecule has 0 saturated heterocycles. The average molecular weight is 881 g/mol. The standard InChI is InChI=1S/C52H52O10.C3H8/c1-49(2,3)62-48(57)61-43-29-16-36(17-30-43)51(6,7)34-12-23-40(24-13-34)58-46(55)44-32-38(20-31-45(44)54)52(8,9)37-18-27-42(28-19-37)60-47(56)59-41-25-14-35(15-26-41)50(4,5)33-10-21-39(53)22-11-33;1-3-2/h10-32,53-54H,1-9H3;3H2,1-2H3. The predicted molar refractivity (Wildman–Crippen MR) is 253 cm³/mol. The lowest BCUT2D eigenvalue weighted by Gasteiger charge is -2.27. The number of phenolic OH excluding ortho intramolecular Hbond substituents is 2. The van der Waals surface area contributed by atoms with Gasteiger partial charge in [0.15, 0.2) is 0 Å². The van der Waals surface area contributed by atoms with Crippen LogP contribution in [0.15, 0.2) is 140 Å². The Labute approximate surface area is 382 Å². The van der Waals surface area contributed by atoms with Crippen molar-refractivity contribution in [1.29, 1.82) is 0 Å². The first-order chi connectivity index (χ1) is 30.5. The van der Waals surface area contributed by atoms with E-state index in [4.69, 9.17) is 23.7 Å². The van der Waals surface area contributed by atoms with Crippen molar-refractivity contribution in [2.24, 2.45) is 0 Å². The van der Waals surface area contributed by atoms with Crippen LogP contribution in [0.5, 0.6) is 34.5 Å². The van der Waals surface area contributed by atoms with Gasteiger partial charge in [-0.1, -0.05) is 129 Å². The molecule has 10 nitrogen and oxygen atoms in total. The number of benzene rings is 6. The van der Waals surface area contributed by atoms with E-state index in [-0.39, 0.29) is 28.2 Å².